The van der Waals surface area contributed by atoms with Crippen molar-refractivity contribution in [1.82, 2.24) is 9.78 Å². The van der Waals surface area contributed by atoms with E-state index in [1.54, 1.807) is 0 Å². The first-order chi connectivity index (χ1) is 10.1. The van der Waals surface area contributed by atoms with Crippen molar-refractivity contribution in [2.45, 2.75) is 20.5 Å². The van der Waals surface area contributed by atoms with Crippen molar-refractivity contribution in [1.29, 1.82) is 0 Å². The number of nitrogens with two attached hydrogens (primary N) is 1. The molecule has 6 nitrogen and oxygen atoms in total. The van der Waals surface area contributed by atoms with Gasteiger partial charge < -0.3 is 15.2 Å². The second kappa shape index (κ2) is 6.41. The number of aryl methyl sites for hydroxylation is 1. The molecule has 0 aliphatic heterocycles. The standard InChI is InChI=1S/C15H19N3O3/c1-4-21-9-12-13(15(19)20-3)17-18(14(12)16)11-7-5-10(2)6-8-11/h5-8H,4,9,16H2,1-3H3. The van der Waals surface area contributed by atoms with E-state index in [1.165, 1.54) is 11.8 Å². The van der Waals surface area contributed by atoms with Gasteiger partial charge in [0.15, 0.2) is 5.69 Å². The number of aromatic nitrogens is 2. The Bertz CT molecular complexity index is 632. The molecule has 1 heterocycles. The topological polar surface area (TPSA) is 79.4 Å². The average molecular weight is 289 g/mol. The zero-order valence-corrected chi connectivity index (χ0v) is 12.4. The van der Waals surface area contributed by atoms with Crippen LogP contribution in [0.4, 0.5) is 5.82 Å². The Hall–Kier alpha value is -2.34. The minimum absolute atomic E-state index is 0.184. The predicted octanol–water partition coefficient (Wildman–Crippen LogP) is 2.09. The lowest BCUT2D eigenvalue weighted by molar-refractivity contribution is 0.0586. The molecule has 21 heavy (non-hydrogen) atoms. The number of rotatable bonds is 5. The Labute approximate surface area is 123 Å². The minimum atomic E-state index is -0.526. The summed E-state index contributed by atoms with van der Waals surface area (Å²) in [5, 5.41) is 4.27. The number of ether oxygens (including phenoxy) is 2. The first-order valence-corrected chi connectivity index (χ1v) is 6.69. The molecule has 0 aliphatic carbocycles. The van der Waals surface area contributed by atoms with Crippen molar-refractivity contribution >= 4 is 11.8 Å². The highest BCUT2D eigenvalue weighted by atomic mass is 16.5. The molecule has 2 N–H and O–H groups in total. The van der Waals surface area contributed by atoms with Gasteiger partial charge in [0.1, 0.15) is 5.82 Å². The summed E-state index contributed by atoms with van der Waals surface area (Å²) in [6.07, 6.45) is 0. The van der Waals surface area contributed by atoms with E-state index in [-0.39, 0.29) is 12.3 Å². The van der Waals surface area contributed by atoms with Crippen molar-refractivity contribution in [3.05, 3.63) is 41.1 Å². The highest BCUT2D eigenvalue weighted by molar-refractivity contribution is 5.90. The smallest absolute Gasteiger partial charge is 0.359 e. The minimum Gasteiger partial charge on any atom is -0.464 e. The molecule has 0 amide bonds. The molecular weight excluding hydrogens is 270 g/mol. The van der Waals surface area contributed by atoms with E-state index in [9.17, 15) is 4.79 Å². The number of hydrogen-bond donors (Lipinski definition) is 1. The number of carbonyl (C=O) groups excluding carboxylic acids is 1. The van der Waals surface area contributed by atoms with Crippen LogP contribution in [0.1, 0.15) is 28.5 Å². The van der Waals surface area contributed by atoms with Gasteiger partial charge in [0, 0.05) is 6.61 Å². The van der Waals surface area contributed by atoms with Crippen LogP contribution in [-0.4, -0.2) is 29.5 Å². The third-order valence-electron chi connectivity index (χ3n) is 3.13. The number of anilines is 1. The van der Waals surface area contributed by atoms with Gasteiger partial charge in [-0.1, -0.05) is 17.7 Å². The molecule has 1 aromatic heterocycles. The van der Waals surface area contributed by atoms with Gasteiger partial charge in [0.2, 0.25) is 0 Å². The van der Waals surface area contributed by atoms with E-state index in [0.29, 0.717) is 18.0 Å². The summed E-state index contributed by atoms with van der Waals surface area (Å²) < 4.78 is 11.6. The molecule has 0 radical (unpaired) electrons. The van der Waals surface area contributed by atoms with Gasteiger partial charge in [0.25, 0.3) is 0 Å². The molecule has 0 aliphatic rings. The quantitative estimate of drug-likeness (QED) is 0.852. The fraction of sp³-hybridized carbons (Fsp3) is 0.333. The molecular formula is C15H19N3O3. The lowest BCUT2D eigenvalue weighted by Crippen LogP contribution is -2.07. The van der Waals surface area contributed by atoms with Crippen LogP contribution in [0.5, 0.6) is 0 Å². The van der Waals surface area contributed by atoms with Crippen LogP contribution in [0, 0.1) is 6.92 Å². The summed E-state index contributed by atoms with van der Waals surface area (Å²) in [5.74, 6) is -0.144. The summed E-state index contributed by atoms with van der Waals surface area (Å²) in [5.41, 5.74) is 8.77. The maximum absolute atomic E-state index is 11.8. The Morgan fingerprint density at radius 2 is 2.00 bits per heavy atom. The van der Waals surface area contributed by atoms with E-state index in [0.717, 1.165) is 11.3 Å². The van der Waals surface area contributed by atoms with E-state index < -0.39 is 5.97 Å². The number of methoxy groups -OCH3 is 1. The van der Waals surface area contributed by atoms with E-state index >= 15 is 0 Å². The molecule has 0 unspecified atom stereocenters. The van der Waals surface area contributed by atoms with Crippen molar-refractivity contribution < 1.29 is 14.3 Å². The van der Waals surface area contributed by atoms with Crippen LogP contribution < -0.4 is 5.73 Å². The SMILES string of the molecule is CCOCc1c(C(=O)OC)nn(-c2ccc(C)cc2)c1N. The van der Waals surface area contributed by atoms with Crippen LogP contribution >= 0.6 is 0 Å². The zero-order valence-electron chi connectivity index (χ0n) is 12.4. The lowest BCUT2D eigenvalue weighted by Gasteiger charge is -2.05. The van der Waals surface area contributed by atoms with Gasteiger partial charge in [-0.15, -0.1) is 0 Å². The zero-order chi connectivity index (χ0) is 15.4. The largest absolute Gasteiger partial charge is 0.464 e. The van der Waals surface area contributed by atoms with Crippen LogP contribution in [0.15, 0.2) is 24.3 Å². The van der Waals surface area contributed by atoms with Gasteiger partial charge in [-0.05, 0) is 26.0 Å². The number of esters is 1. The van der Waals surface area contributed by atoms with Crippen LogP contribution in [0.2, 0.25) is 0 Å². The maximum atomic E-state index is 11.8. The van der Waals surface area contributed by atoms with Gasteiger partial charge in [-0.3, -0.25) is 0 Å². The first-order valence-electron chi connectivity index (χ1n) is 6.69. The van der Waals surface area contributed by atoms with Gasteiger partial charge >= 0.3 is 5.97 Å². The molecule has 6 heteroatoms. The van der Waals surface area contributed by atoms with Gasteiger partial charge in [-0.2, -0.15) is 5.10 Å². The second-order valence-corrected chi connectivity index (χ2v) is 4.59. The Morgan fingerprint density at radius 3 is 2.57 bits per heavy atom. The normalized spacial score (nSPS) is 10.6. The van der Waals surface area contributed by atoms with Crippen molar-refractivity contribution in [3.8, 4) is 5.69 Å². The van der Waals surface area contributed by atoms with Crippen molar-refractivity contribution in [2.24, 2.45) is 0 Å². The fourth-order valence-corrected chi connectivity index (χ4v) is 1.95. The molecule has 0 saturated carbocycles. The van der Waals surface area contributed by atoms with Crippen molar-refractivity contribution in [2.75, 3.05) is 19.5 Å². The molecule has 2 rings (SSSR count). The molecule has 0 atom stereocenters. The van der Waals surface area contributed by atoms with Gasteiger partial charge in [-0.25, -0.2) is 9.48 Å². The number of benzene rings is 1. The Kier molecular flexibility index (Phi) is 4.59. The van der Waals surface area contributed by atoms with E-state index in [1.807, 2.05) is 38.1 Å². The van der Waals surface area contributed by atoms with Crippen LogP contribution in [0.25, 0.3) is 5.69 Å². The third-order valence-corrected chi connectivity index (χ3v) is 3.13. The molecule has 0 fully saturated rings. The monoisotopic (exact) mass is 289 g/mol. The number of carbonyl (C=O) groups is 1. The predicted molar refractivity (Wildman–Crippen MR) is 79.4 cm³/mol. The summed E-state index contributed by atoms with van der Waals surface area (Å²) in [6.45, 7) is 4.61. The summed E-state index contributed by atoms with van der Waals surface area (Å²) in [7, 11) is 1.31. The first kappa shape index (κ1) is 15.1. The molecule has 0 spiro atoms. The molecule has 0 saturated heterocycles. The molecule has 2 aromatic rings. The highest BCUT2D eigenvalue weighted by Gasteiger charge is 2.22. The summed E-state index contributed by atoms with van der Waals surface area (Å²) in [4.78, 5) is 11.8. The lowest BCUT2D eigenvalue weighted by atomic mass is 10.2. The summed E-state index contributed by atoms with van der Waals surface area (Å²) in [6, 6.07) is 7.70. The number of hydrogen-bond acceptors (Lipinski definition) is 5. The number of nitrogen functional groups attached to an aromatic ring is 1. The van der Waals surface area contributed by atoms with E-state index in [4.69, 9.17) is 15.2 Å². The van der Waals surface area contributed by atoms with Gasteiger partial charge in [0.05, 0.1) is 25.0 Å². The van der Waals surface area contributed by atoms with Crippen LogP contribution in [-0.2, 0) is 16.1 Å². The number of nitrogens with zero attached hydrogens (tertiary/aromatic N) is 2. The molecule has 112 valence electrons. The highest BCUT2D eigenvalue weighted by Crippen LogP contribution is 2.23. The Balaban J connectivity index is 2.49. The third kappa shape index (κ3) is 3.05. The Morgan fingerprint density at radius 1 is 1.33 bits per heavy atom. The van der Waals surface area contributed by atoms with Crippen molar-refractivity contribution in [3.63, 3.8) is 0 Å². The van der Waals surface area contributed by atoms with Crippen LogP contribution in [0.3, 0.4) is 0 Å². The molecule has 1 aromatic carbocycles. The summed E-state index contributed by atoms with van der Waals surface area (Å²) >= 11 is 0. The second-order valence-electron chi connectivity index (χ2n) is 4.59. The fourth-order valence-electron chi connectivity index (χ4n) is 1.95. The van der Waals surface area contributed by atoms with E-state index in [2.05, 4.69) is 5.10 Å². The average Bonchev–Trinajstić information content (AvgIpc) is 2.82. The maximum Gasteiger partial charge on any atom is 0.359 e. The molecule has 0 bridgehead atoms.